The molecule has 0 bridgehead atoms. The number of carbonyl (C=O) groups excluding carboxylic acids is 1. The second-order valence-electron chi connectivity index (χ2n) is 7.07. The number of urea groups is 1. The van der Waals surface area contributed by atoms with E-state index in [-0.39, 0.29) is 12.1 Å². The molecule has 5 heteroatoms. The summed E-state index contributed by atoms with van der Waals surface area (Å²) < 4.78 is 5.45. The van der Waals surface area contributed by atoms with Gasteiger partial charge in [0.25, 0.3) is 0 Å². The molecule has 3 rings (SSSR count). The minimum Gasteiger partial charge on any atom is -0.393 e. The van der Waals surface area contributed by atoms with Gasteiger partial charge in [-0.2, -0.15) is 0 Å². The van der Waals surface area contributed by atoms with Gasteiger partial charge in [0.15, 0.2) is 0 Å². The molecule has 2 amide bonds. The van der Waals surface area contributed by atoms with Gasteiger partial charge in [-0.05, 0) is 49.7 Å². The molecule has 1 aromatic rings. The van der Waals surface area contributed by atoms with Crippen LogP contribution in [0.25, 0.3) is 0 Å². The molecule has 2 atom stereocenters. The highest BCUT2D eigenvalue weighted by Gasteiger charge is 2.28. The number of fused-ring (bicyclic) bond motifs is 1. The van der Waals surface area contributed by atoms with E-state index in [1.54, 1.807) is 6.92 Å². The SMILES string of the molecule is C[C@@H](O)C[C@@H]1COCCN1C(=O)NCCC1Cc2ccccc2C1. The van der Waals surface area contributed by atoms with Gasteiger partial charge in [-0.15, -0.1) is 0 Å². The quantitative estimate of drug-likeness (QED) is 0.867. The summed E-state index contributed by atoms with van der Waals surface area (Å²) in [6, 6.07) is 8.56. The van der Waals surface area contributed by atoms with Crippen LogP contribution in [0.3, 0.4) is 0 Å². The fraction of sp³-hybridized carbons (Fsp3) is 0.632. The van der Waals surface area contributed by atoms with Crippen molar-refractivity contribution in [1.29, 1.82) is 0 Å². The van der Waals surface area contributed by atoms with E-state index in [0.29, 0.717) is 38.6 Å². The van der Waals surface area contributed by atoms with Crippen molar-refractivity contribution in [1.82, 2.24) is 10.2 Å². The monoisotopic (exact) mass is 332 g/mol. The third-order valence-corrected chi connectivity index (χ3v) is 5.07. The summed E-state index contributed by atoms with van der Waals surface area (Å²) in [6.07, 6.45) is 3.38. The first-order valence-electron chi connectivity index (χ1n) is 9.00. The number of aliphatic hydroxyl groups excluding tert-OH is 1. The van der Waals surface area contributed by atoms with Crippen molar-refractivity contribution in [2.75, 3.05) is 26.3 Å². The standard InChI is InChI=1S/C19H28N2O3/c1-14(22)10-18-13-24-9-8-21(18)19(23)20-7-6-15-11-16-4-2-3-5-17(16)12-15/h2-5,14-15,18,22H,6-13H2,1H3,(H,20,23)/t14-,18-/m1/s1. The van der Waals surface area contributed by atoms with Crippen molar-refractivity contribution in [3.63, 3.8) is 0 Å². The Morgan fingerprint density at radius 2 is 2.08 bits per heavy atom. The van der Waals surface area contributed by atoms with Crippen LogP contribution in [-0.2, 0) is 17.6 Å². The second-order valence-corrected chi connectivity index (χ2v) is 7.07. The number of hydrogen-bond donors (Lipinski definition) is 2. The highest BCUT2D eigenvalue weighted by atomic mass is 16.5. The molecule has 0 spiro atoms. The average molecular weight is 332 g/mol. The Balaban J connectivity index is 1.44. The fourth-order valence-corrected chi connectivity index (χ4v) is 3.85. The Kier molecular flexibility index (Phi) is 5.74. The maximum atomic E-state index is 12.5. The first-order chi connectivity index (χ1) is 11.6. The van der Waals surface area contributed by atoms with Crippen molar-refractivity contribution in [3.8, 4) is 0 Å². The third-order valence-electron chi connectivity index (χ3n) is 5.07. The van der Waals surface area contributed by atoms with E-state index in [2.05, 4.69) is 29.6 Å². The first kappa shape index (κ1) is 17.2. The van der Waals surface area contributed by atoms with Crippen LogP contribution < -0.4 is 5.32 Å². The van der Waals surface area contributed by atoms with E-state index in [0.717, 1.165) is 19.3 Å². The zero-order valence-electron chi connectivity index (χ0n) is 14.4. The number of amides is 2. The topological polar surface area (TPSA) is 61.8 Å². The van der Waals surface area contributed by atoms with Crippen LogP contribution in [-0.4, -0.2) is 54.5 Å². The molecule has 132 valence electrons. The predicted octanol–water partition coefficient (Wildman–Crippen LogP) is 1.97. The van der Waals surface area contributed by atoms with Crippen molar-refractivity contribution in [2.24, 2.45) is 5.92 Å². The third kappa shape index (κ3) is 4.28. The number of hydrogen-bond acceptors (Lipinski definition) is 3. The largest absolute Gasteiger partial charge is 0.393 e. The zero-order valence-corrected chi connectivity index (χ0v) is 14.4. The molecule has 1 saturated heterocycles. The summed E-state index contributed by atoms with van der Waals surface area (Å²) in [5.41, 5.74) is 2.91. The van der Waals surface area contributed by atoms with E-state index >= 15 is 0 Å². The maximum Gasteiger partial charge on any atom is 0.317 e. The number of nitrogens with zero attached hydrogens (tertiary/aromatic N) is 1. The molecular formula is C19H28N2O3. The van der Waals surface area contributed by atoms with Crippen LogP contribution in [0.1, 0.15) is 30.9 Å². The number of carbonyl (C=O) groups is 1. The van der Waals surface area contributed by atoms with Crippen LogP contribution in [0.4, 0.5) is 4.79 Å². The van der Waals surface area contributed by atoms with E-state index < -0.39 is 6.10 Å². The number of rotatable bonds is 5. The smallest absolute Gasteiger partial charge is 0.317 e. The summed E-state index contributed by atoms with van der Waals surface area (Å²) in [4.78, 5) is 14.3. The van der Waals surface area contributed by atoms with Gasteiger partial charge in [-0.25, -0.2) is 4.79 Å². The summed E-state index contributed by atoms with van der Waals surface area (Å²) >= 11 is 0. The summed E-state index contributed by atoms with van der Waals surface area (Å²) in [5.74, 6) is 0.626. The molecule has 1 fully saturated rings. The lowest BCUT2D eigenvalue weighted by Crippen LogP contribution is -2.53. The Bertz CT molecular complexity index is 536. The second kappa shape index (κ2) is 7.99. The highest BCUT2D eigenvalue weighted by molar-refractivity contribution is 5.74. The number of ether oxygens (including phenoxy) is 1. The van der Waals surface area contributed by atoms with Crippen LogP contribution in [0.15, 0.2) is 24.3 Å². The van der Waals surface area contributed by atoms with Gasteiger partial charge in [0, 0.05) is 13.1 Å². The molecule has 5 nitrogen and oxygen atoms in total. The fourth-order valence-electron chi connectivity index (χ4n) is 3.85. The zero-order chi connectivity index (χ0) is 16.9. The molecular weight excluding hydrogens is 304 g/mol. The molecule has 2 N–H and O–H groups in total. The lowest BCUT2D eigenvalue weighted by atomic mass is 10.0. The molecule has 1 aliphatic carbocycles. The first-order valence-corrected chi connectivity index (χ1v) is 9.00. The summed E-state index contributed by atoms with van der Waals surface area (Å²) in [7, 11) is 0. The van der Waals surface area contributed by atoms with E-state index in [9.17, 15) is 9.90 Å². The minimum atomic E-state index is -0.427. The number of nitrogens with one attached hydrogen (secondary N) is 1. The molecule has 1 aliphatic heterocycles. The van der Waals surface area contributed by atoms with Crippen LogP contribution >= 0.6 is 0 Å². The van der Waals surface area contributed by atoms with Crippen molar-refractivity contribution >= 4 is 6.03 Å². The van der Waals surface area contributed by atoms with Crippen LogP contribution in [0.5, 0.6) is 0 Å². The van der Waals surface area contributed by atoms with Gasteiger partial charge in [-0.1, -0.05) is 24.3 Å². The van der Waals surface area contributed by atoms with E-state index in [4.69, 9.17) is 4.74 Å². The summed E-state index contributed by atoms with van der Waals surface area (Å²) in [6.45, 7) is 4.13. The van der Waals surface area contributed by atoms with E-state index in [1.807, 2.05) is 4.90 Å². The molecule has 0 radical (unpaired) electrons. The van der Waals surface area contributed by atoms with Crippen molar-refractivity contribution < 1.29 is 14.6 Å². The van der Waals surface area contributed by atoms with Crippen molar-refractivity contribution in [2.45, 2.75) is 44.8 Å². The average Bonchev–Trinajstić information content (AvgIpc) is 2.97. The number of morpholine rings is 1. The molecule has 1 heterocycles. The van der Waals surface area contributed by atoms with E-state index in [1.165, 1.54) is 11.1 Å². The predicted molar refractivity (Wildman–Crippen MR) is 93.0 cm³/mol. The van der Waals surface area contributed by atoms with Gasteiger partial charge in [-0.3, -0.25) is 0 Å². The molecule has 1 aromatic carbocycles. The molecule has 0 unspecified atom stereocenters. The normalized spacial score (nSPS) is 22.2. The molecule has 24 heavy (non-hydrogen) atoms. The van der Waals surface area contributed by atoms with Gasteiger partial charge in [0.1, 0.15) is 0 Å². The van der Waals surface area contributed by atoms with Gasteiger partial charge in [0.2, 0.25) is 0 Å². The maximum absolute atomic E-state index is 12.5. The van der Waals surface area contributed by atoms with Gasteiger partial charge >= 0.3 is 6.03 Å². The van der Waals surface area contributed by atoms with Crippen molar-refractivity contribution in [3.05, 3.63) is 35.4 Å². The summed E-state index contributed by atoms with van der Waals surface area (Å²) in [5, 5.41) is 12.7. The van der Waals surface area contributed by atoms with Gasteiger partial charge < -0.3 is 20.1 Å². The molecule has 0 aromatic heterocycles. The lowest BCUT2D eigenvalue weighted by Gasteiger charge is -2.36. The van der Waals surface area contributed by atoms with Crippen LogP contribution in [0.2, 0.25) is 0 Å². The minimum absolute atomic E-state index is 0.0283. The van der Waals surface area contributed by atoms with Crippen LogP contribution in [0, 0.1) is 5.92 Å². The molecule has 0 saturated carbocycles. The highest BCUT2D eigenvalue weighted by Crippen LogP contribution is 2.28. The number of benzene rings is 1. The Hall–Kier alpha value is -1.59. The van der Waals surface area contributed by atoms with Gasteiger partial charge in [0.05, 0.1) is 25.4 Å². The number of aliphatic hydroxyl groups is 1. The molecule has 2 aliphatic rings. The Morgan fingerprint density at radius 3 is 2.75 bits per heavy atom. The Morgan fingerprint density at radius 1 is 1.38 bits per heavy atom. The Labute approximate surface area is 144 Å². The lowest BCUT2D eigenvalue weighted by molar-refractivity contribution is -0.00432.